The van der Waals surface area contributed by atoms with Crippen molar-refractivity contribution in [2.45, 2.75) is 19.3 Å². The summed E-state index contributed by atoms with van der Waals surface area (Å²) in [6, 6.07) is 7.53. The Morgan fingerprint density at radius 3 is 2.88 bits per heavy atom. The molecule has 0 aromatic heterocycles. The van der Waals surface area contributed by atoms with Crippen molar-refractivity contribution in [1.29, 1.82) is 0 Å². The van der Waals surface area contributed by atoms with Gasteiger partial charge in [0.1, 0.15) is 18.1 Å². The fourth-order valence-electron chi connectivity index (χ4n) is 3.06. The van der Waals surface area contributed by atoms with Crippen molar-refractivity contribution in [2.24, 2.45) is 16.6 Å². The number of amides is 1. The molecular formula is C18H29IN4O3. The molecule has 0 aliphatic carbocycles. The highest BCUT2D eigenvalue weighted by Crippen LogP contribution is 2.20. The molecule has 3 N–H and O–H groups in total. The summed E-state index contributed by atoms with van der Waals surface area (Å²) in [4.78, 5) is 17.7. The number of hydrogen-bond donors (Lipinski definition) is 2. The number of nitrogens with two attached hydrogens (primary N) is 1. The zero-order chi connectivity index (χ0) is 18.1. The minimum Gasteiger partial charge on any atom is -0.497 e. The van der Waals surface area contributed by atoms with E-state index >= 15 is 0 Å². The van der Waals surface area contributed by atoms with E-state index in [2.05, 4.69) is 15.2 Å². The number of carbonyl (C=O) groups excluding carboxylic acids is 1. The van der Waals surface area contributed by atoms with E-state index in [0.29, 0.717) is 25.5 Å². The third-order valence-electron chi connectivity index (χ3n) is 4.22. The van der Waals surface area contributed by atoms with Crippen LogP contribution in [0.4, 0.5) is 0 Å². The molecule has 1 heterocycles. The van der Waals surface area contributed by atoms with Gasteiger partial charge in [-0.3, -0.25) is 9.79 Å². The molecule has 0 saturated carbocycles. The first-order valence-corrected chi connectivity index (χ1v) is 8.63. The molecule has 1 saturated heterocycles. The molecule has 7 nitrogen and oxygen atoms in total. The lowest BCUT2D eigenvalue weighted by molar-refractivity contribution is -0.119. The van der Waals surface area contributed by atoms with Crippen LogP contribution < -0.4 is 20.5 Å². The smallest absolute Gasteiger partial charge is 0.217 e. The van der Waals surface area contributed by atoms with Crippen LogP contribution in [-0.2, 0) is 4.79 Å². The monoisotopic (exact) mass is 476 g/mol. The number of ether oxygens (including phenoxy) is 2. The van der Waals surface area contributed by atoms with E-state index in [1.165, 1.54) is 0 Å². The SMILES string of the molecule is CN=C(NCCOc1cccc(OC)c1)N1CCCC(CC(N)=O)C1.I. The first-order chi connectivity index (χ1) is 12.1. The largest absolute Gasteiger partial charge is 0.497 e. The summed E-state index contributed by atoms with van der Waals surface area (Å²) in [5.74, 6) is 2.45. The van der Waals surface area contributed by atoms with Crippen molar-refractivity contribution in [3.8, 4) is 11.5 Å². The lowest BCUT2D eigenvalue weighted by Crippen LogP contribution is -2.48. The normalized spacial score (nSPS) is 17.2. The van der Waals surface area contributed by atoms with Gasteiger partial charge >= 0.3 is 0 Å². The van der Waals surface area contributed by atoms with Crippen LogP contribution in [0.3, 0.4) is 0 Å². The van der Waals surface area contributed by atoms with Crippen LogP contribution in [0, 0.1) is 5.92 Å². The predicted molar refractivity (Wildman–Crippen MR) is 113 cm³/mol. The summed E-state index contributed by atoms with van der Waals surface area (Å²) in [6.45, 7) is 2.90. The van der Waals surface area contributed by atoms with Crippen LogP contribution in [-0.4, -0.2) is 57.2 Å². The summed E-state index contributed by atoms with van der Waals surface area (Å²) in [5, 5.41) is 3.32. The molecule has 8 heteroatoms. The van der Waals surface area contributed by atoms with Crippen molar-refractivity contribution < 1.29 is 14.3 Å². The summed E-state index contributed by atoms with van der Waals surface area (Å²) >= 11 is 0. The van der Waals surface area contributed by atoms with Crippen LogP contribution in [0.5, 0.6) is 11.5 Å². The van der Waals surface area contributed by atoms with E-state index in [9.17, 15) is 4.79 Å². The van der Waals surface area contributed by atoms with Crippen molar-refractivity contribution in [3.05, 3.63) is 24.3 Å². The van der Waals surface area contributed by atoms with Crippen molar-refractivity contribution in [3.63, 3.8) is 0 Å². The lowest BCUT2D eigenvalue weighted by Gasteiger charge is -2.34. The Bertz CT molecular complexity index is 598. The Hall–Kier alpha value is -1.71. The van der Waals surface area contributed by atoms with Gasteiger partial charge in [0.05, 0.1) is 13.7 Å². The summed E-state index contributed by atoms with van der Waals surface area (Å²) < 4.78 is 10.9. The van der Waals surface area contributed by atoms with Gasteiger partial charge in [0.2, 0.25) is 5.91 Å². The van der Waals surface area contributed by atoms with Gasteiger partial charge in [0.25, 0.3) is 0 Å². The average Bonchev–Trinajstić information content (AvgIpc) is 2.61. The van der Waals surface area contributed by atoms with E-state index < -0.39 is 0 Å². The topological polar surface area (TPSA) is 89.2 Å². The van der Waals surface area contributed by atoms with Gasteiger partial charge in [-0.2, -0.15) is 0 Å². The molecule has 26 heavy (non-hydrogen) atoms. The van der Waals surface area contributed by atoms with Gasteiger partial charge < -0.3 is 25.4 Å². The number of likely N-dealkylation sites (tertiary alicyclic amines) is 1. The van der Waals surface area contributed by atoms with E-state index in [0.717, 1.165) is 43.4 Å². The van der Waals surface area contributed by atoms with Gasteiger partial charge in [-0.25, -0.2) is 0 Å². The fraction of sp³-hybridized carbons (Fsp3) is 0.556. The molecule has 1 aliphatic heterocycles. The standard InChI is InChI=1S/C18H28N4O3.HI/c1-20-18(22-9-4-5-14(13-22)11-17(19)23)21-8-10-25-16-7-3-6-15(12-16)24-2;/h3,6-7,12,14H,4-5,8-11,13H2,1-2H3,(H2,19,23)(H,20,21);1H. The number of aliphatic imine (C=N–C) groups is 1. The van der Waals surface area contributed by atoms with Crippen molar-refractivity contribution >= 4 is 35.8 Å². The summed E-state index contributed by atoms with van der Waals surface area (Å²) in [7, 11) is 3.40. The molecule has 0 bridgehead atoms. The molecule has 1 aromatic carbocycles. The number of rotatable bonds is 7. The molecule has 2 rings (SSSR count). The van der Waals surface area contributed by atoms with Crippen molar-refractivity contribution in [2.75, 3.05) is 40.4 Å². The number of halogens is 1. The van der Waals surface area contributed by atoms with Gasteiger partial charge in [-0.15, -0.1) is 24.0 Å². The minimum atomic E-state index is -0.235. The summed E-state index contributed by atoms with van der Waals surface area (Å²) in [5.41, 5.74) is 5.32. The third kappa shape index (κ3) is 7.27. The highest BCUT2D eigenvalue weighted by atomic mass is 127. The number of hydrogen-bond acceptors (Lipinski definition) is 4. The minimum absolute atomic E-state index is 0. The Morgan fingerprint density at radius 1 is 1.42 bits per heavy atom. The molecule has 146 valence electrons. The summed E-state index contributed by atoms with van der Waals surface area (Å²) in [6.07, 6.45) is 2.51. The molecule has 1 amide bonds. The second-order valence-corrected chi connectivity index (χ2v) is 6.13. The molecule has 1 aliphatic rings. The Balaban J connectivity index is 0.00000338. The quantitative estimate of drug-likeness (QED) is 0.272. The number of benzene rings is 1. The number of nitrogens with zero attached hydrogens (tertiary/aromatic N) is 2. The Morgan fingerprint density at radius 2 is 2.19 bits per heavy atom. The molecular weight excluding hydrogens is 447 g/mol. The number of primary amides is 1. The highest BCUT2D eigenvalue weighted by Gasteiger charge is 2.23. The Kier molecular flexibility index (Phi) is 10.2. The Labute approximate surface area is 172 Å². The maximum atomic E-state index is 11.1. The second-order valence-electron chi connectivity index (χ2n) is 6.13. The van der Waals surface area contributed by atoms with Crippen molar-refractivity contribution in [1.82, 2.24) is 10.2 Å². The van der Waals surface area contributed by atoms with Crippen LogP contribution >= 0.6 is 24.0 Å². The van der Waals surface area contributed by atoms with E-state index in [-0.39, 0.29) is 29.9 Å². The van der Waals surface area contributed by atoms with Crippen LogP contribution in [0.15, 0.2) is 29.3 Å². The predicted octanol–water partition coefficient (Wildman–Crippen LogP) is 1.85. The molecule has 0 spiro atoms. The zero-order valence-corrected chi connectivity index (χ0v) is 17.8. The molecule has 1 aromatic rings. The van der Waals surface area contributed by atoms with E-state index in [1.807, 2.05) is 24.3 Å². The highest BCUT2D eigenvalue weighted by molar-refractivity contribution is 14.0. The third-order valence-corrected chi connectivity index (χ3v) is 4.22. The molecule has 1 atom stereocenters. The number of piperidine rings is 1. The number of methoxy groups -OCH3 is 1. The molecule has 1 fully saturated rings. The average molecular weight is 476 g/mol. The van der Waals surface area contributed by atoms with Gasteiger partial charge in [-0.1, -0.05) is 6.07 Å². The second kappa shape index (κ2) is 11.8. The number of guanidine groups is 1. The van der Waals surface area contributed by atoms with Crippen LogP contribution in [0.25, 0.3) is 0 Å². The van der Waals surface area contributed by atoms with Gasteiger partial charge in [-0.05, 0) is 30.9 Å². The molecule has 0 radical (unpaired) electrons. The number of nitrogens with one attached hydrogen (secondary N) is 1. The zero-order valence-electron chi connectivity index (χ0n) is 15.4. The van der Waals surface area contributed by atoms with Crippen LogP contribution in [0.2, 0.25) is 0 Å². The lowest BCUT2D eigenvalue weighted by atomic mass is 9.95. The first-order valence-electron chi connectivity index (χ1n) is 8.63. The maximum Gasteiger partial charge on any atom is 0.217 e. The fourth-order valence-corrected chi connectivity index (χ4v) is 3.06. The van der Waals surface area contributed by atoms with Gasteiger partial charge in [0, 0.05) is 32.6 Å². The molecule has 1 unspecified atom stereocenters. The van der Waals surface area contributed by atoms with E-state index in [1.54, 1.807) is 14.2 Å². The van der Waals surface area contributed by atoms with Gasteiger partial charge in [0.15, 0.2) is 5.96 Å². The van der Waals surface area contributed by atoms with Crippen LogP contribution in [0.1, 0.15) is 19.3 Å². The maximum absolute atomic E-state index is 11.1. The van der Waals surface area contributed by atoms with E-state index in [4.69, 9.17) is 15.2 Å². The first kappa shape index (κ1) is 22.3. The number of carbonyl (C=O) groups is 1.